The quantitative estimate of drug-likeness (QED) is 0.414. The number of nitrogens with one attached hydrogen (secondary N) is 1. The van der Waals surface area contributed by atoms with Crippen LogP contribution in [0.25, 0.3) is 0 Å². The van der Waals surface area contributed by atoms with E-state index in [-0.39, 0.29) is 24.9 Å². The van der Waals surface area contributed by atoms with Gasteiger partial charge in [0, 0.05) is 4.90 Å². The highest BCUT2D eigenvalue weighted by atomic mass is 32.2. The van der Waals surface area contributed by atoms with Crippen molar-refractivity contribution in [1.82, 2.24) is 5.32 Å². The number of carbonyl (C=O) groups is 2. The number of ether oxygens (including phenoxy) is 1. The van der Waals surface area contributed by atoms with Crippen LogP contribution >= 0.6 is 11.8 Å². The molecule has 0 aliphatic carbocycles. The van der Waals surface area contributed by atoms with Crippen LogP contribution in [-0.4, -0.2) is 42.0 Å². The Morgan fingerprint density at radius 1 is 1.45 bits per heavy atom. The van der Waals surface area contributed by atoms with E-state index in [2.05, 4.69) is 11.9 Å². The second-order valence-corrected chi connectivity index (χ2v) is 5.86. The van der Waals surface area contributed by atoms with Crippen molar-refractivity contribution in [3.8, 4) is 0 Å². The smallest absolute Gasteiger partial charge is 0.328 e. The molecule has 1 atom stereocenters. The van der Waals surface area contributed by atoms with Crippen molar-refractivity contribution in [3.05, 3.63) is 42.0 Å². The minimum atomic E-state index is -1.12. The number of hydrogen-bond acceptors (Lipinski definition) is 4. The maximum absolute atomic E-state index is 11.9. The molecule has 0 aromatic heterocycles. The summed E-state index contributed by atoms with van der Waals surface area (Å²) in [6.45, 7) is 7.61. The Morgan fingerprint density at radius 2 is 2.18 bits per heavy atom. The van der Waals surface area contributed by atoms with E-state index in [4.69, 9.17) is 9.84 Å². The molecule has 0 spiro atoms. The Bertz CT molecular complexity index is 545. The van der Waals surface area contributed by atoms with Crippen LogP contribution in [0.5, 0.6) is 0 Å². The fourth-order valence-electron chi connectivity index (χ4n) is 1.69. The molecule has 1 aromatic carbocycles. The Balaban J connectivity index is 2.51. The third-order valence-electron chi connectivity index (χ3n) is 2.86. The topological polar surface area (TPSA) is 75.6 Å². The van der Waals surface area contributed by atoms with Gasteiger partial charge in [-0.25, -0.2) is 4.79 Å². The van der Waals surface area contributed by atoms with Crippen LogP contribution in [0.1, 0.15) is 11.1 Å². The molecule has 0 fully saturated rings. The summed E-state index contributed by atoms with van der Waals surface area (Å²) in [6.07, 6.45) is 1.52. The van der Waals surface area contributed by atoms with Crippen LogP contribution in [0.2, 0.25) is 0 Å². The van der Waals surface area contributed by atoms with Gasteiger partial charge in [-0.3, -0.25) is 4.79 Å². The standard InChI is InChI=1S/C16H21NO4S/c1-4-7-21-9-13(16(19)20)17-15(18)10-22-14-8-11(2)5-6-12(14)3/h4-6,8,13H,1,7,9-10H2,2-3H3,(H,17,18)(H,19,20). The minimum Gasteiger partial charge on any atom is -0.480 e. The summed E-state index contributed by atoms with van der Waals surface area (Å²) in [5, 5.41) is 11.5. The second kappa shape index (κ2) is 9.27. The normalized spacial score (nSPS) is 11.7. The molecule has 1 unspecified atom stereocenters. The number of hydrogen-bond donors (Lipinski definition) is 2. The fourth-order valence-corrected chi connectivity index (χ4v) is 2.62. The molecule has 0 saturated heterocycles. The number of carboxylic acids is 1. The summed E-state index contributed by atoms with van der Waals surface area (Å²) in [7, 11) is 0. The van der Waals surface area contributed by atoms with E-state index in [1.165, 1.54) is 17.8 Å². The molecule has 1 amide bonds. The number of carbonyl (C=O) groups excluding carboxylic acids is 1. The van der Waals surface area contributed by atoms with Gasteiger partial charge >= 0.3 is 5.97 Å². The van der Waals surface area contributed by atoms with E-state index in [0.29, 0.717) is 0 Å². The average molecular weight is 323 g/mol. The Hall–Kier alpha value is -1.79. The SMILES string of the molecule is C=CCOCC(NC(=O)CSc1cc(C)ccc1C)C(=O)O. The third kappa shape index (κ3) is 6.32. The van der Waals surface area contributed by atoms with Crippen molar-refractivity contribution in [3.63, 3.8) is 0 Å². The summed E-state index contributed by atoms with van der Waals surface area (Å²) in [5.41, 5.74) is 2.21. The lowest BCUT2D eigenvalue weighted by molar-refractivity contribution is -0.143. The molecule has 0 radical (unpaired) electrons. The van der Waals surface area contributed by atoms with Crippen LogP contribution in [0.15, 0.2) is 35.7 Å². The number of benzene rings is 1. The summed E-state index contributed by atoms with van der Waals surface area (Å²) < 4.78 is 5.08. The van der Waals surface area contributed by atoms with E-state index in [0.717, 1.165) is 16.0 Å². The summed E-state index contributed by atoms with van der Waals surface area (Å²) in [6, 6.07) is 4.97. The molecule has 22 heavy (non-hydrogen) atoms. The predicted molar refractivity (Wildman–Crippen MR) is 87.2 cm³/mol. The largest absolute Gasteiger partial charge is 0.480 e. The van der Waals surface area contributed by atoms with E-state index in [1.54, 1.807) is 0 Å². The van der Waals surface area contributed by atoms with Gasteiger partial charge in [0.1, 0.15) is 0 Å². The lowest BCUT2D eigenvalue weighted by Gasteiger charge is -2.14. The van der Waals surface area contributed by atoms with Crippen LogP contribution in [0.3, 0.4) is 0 Å². The summed E-state index contributed by atoms with van der Waals surface area (Å²) in [5.74, 6) is -1.29. The maximum Gasteiger partial charge on any atom is 0.328 e. The summed E-state index contributed by atoms with van der Waals surface area (Å²) >= 11 is 1.39. The van der Waals surface area contributed by atoms with Crippen molar-refractivity contribution < 1.29 is 19.4 Å². The minimum absolute atomic E-state index is 0.0821. The fraction of sp³-hybridized carbons (Fsp3) is 0.375. The van der Waals surface area contributed by atoms with Gasteiger partial charge in [0.2, 0.25) is 5.91 Å². The van der Waals surface area contributed by atoms with Gasteiger partial charge in [-0.2, -0.15) is 0 Å². The molecule has 120 valence electrons. The monoisotopic (exact) mass is 323 g/mol. The first-order valence-electron chi connectivity index (χ1n) is 6.85. The van der Waals surface area contributed by atoms with Gasteiger partial charge in [0.15, 0.2) is 6.04 Å². The van der Waals surface area contributed by atoms with Crippen molar-refractivity contribution in [1.29, 1.82) is 0 Å². The summed E-state index contributed by atoms with van der Waals surface area (Å²) in [4.78, 5) is 24.0. The van der Waals surface area contributed by atoms with Crippen molar-refractivity contribution in [2.45, 2.75) is 24.8 Å². The first-order chi connectivity index (χ1) is 10.4. The van der Waals surface area contributed by atoms with E-state index in [9.17, 15) is 9.59 Å². The van der Waals surface area contributed by atoms with Crippen LogP contribution in [0, 0.1) is 13.8 Å². The molecule has 0 bridgehead atoms. The molecular weight excluding hydrogens is 302 g/mol. The molecule has 0 heterocycles. The number of aryl methyl sites for hydroxylation is 2. The highest BCUT2D eigenvalue weighted by molar-refractivity contribution is 8.00. The second-order valence-electron chi connectivity index (χ2n) is 4.84. The van der Waals surface area contributed by atoms with Crippen LogP contribution in [-0.2, 0) is 14.3 Å². The highest BCUT2D eigenvalue weighted by Gasteiger charge is 2.20. The molecular formula is C16H21NO4S. The Kier molecular flexibility index (Phi) is 7.70. The number of amides is 1. The van der Waals surface area contributed by atoms with E-state index < -0.39 is 12.0 Å². The van der Waals surface area contributed by atoms with Gasteiger partial charge in [0.25, 0.3) is 0 Å². The average Bonchev–Trinajstić information content (AvgIpc) is 2.47. The van der Waals surface area contributed by atoms with Crippen LogP contribution < -0.4 is 5.32 Å². The van der Waals surface area contributed by atoms with Gasteiger partial charge in [-0.1, -0.05) is 23.8 Å². The van der Waals surface area contributed by atoms with E-state index >= 15 is 0 Å². The Labute approximate surface area is 134 Å². The highest BCUT2D eigenvalue weighted by Crippen LogP contribution is 2.23. The van der Waals surface area contributed by atoms with Gasteiger partial charge in [-0.05, 0) is 25.5 Å². The molecule has 5 nitrogen and oxygen atoms in total. The molecule has 0 aliphatic heterocycles. The zero-order chi connectivity index (χ0) is 16.5. The number of aliphatic carboxylic acids is 1. The van der Waals surface area contributed by atoms with Crippen molar-refractivity contribution in [2.75, 3.05) is 19.0 Å². The number of thioether (sulfide) groups is 1. The Morgan fingerprint density at radius 3 is 2.82 bits per heavy atom. The van der Waals surface area contributed by atoms with Gasteiger partial charge in [0.05, 0.1) is 19.0 Å². The van der Waals surface area contributed by atoms with Gasteiger partial charge in [-0.15, -0.1) is 18.3 Å². The molecule has 2 N–H and O–H groups in total. The zero-order valence-electron chi connectivity index (χ0n) is 12.8. The van der Waals surface area contributed by atoms with Crippen molar-refractivity contribution in [2.24, 2.45) is 0 Å². The van der Waals surface area contributed by atoms with Crippen LogP contribution in [0.4, 0.5) is 0 Å². The first kappa shape index (κ1) is 18.3. The lowest BCUT2D eigenvalue weighted by atomic mass is 10.2. The molecule has 0 aliphatic rings. The third-order valence-corrected chi connectivity index (χ3v) is 4.01. The zero-order valence-corrected chi connectivity index (χ0v) is 13.6. The molecule has 0 saturated carbocycles. The predicted octanol–water partition coefficient (Wildman–Crippen LogP) is 2.17. The number of carboxylic acid groups (broad SMARTS) is 1. The molecule has 6 heteroatoms. The molecule has 1 aromatic rings. The van der Waals surface area contributed by atoms with Crippen molar-refractivity contribution >= 4 is 23.6 Å². The lowest BCUT2D eigenvalue weighted by Crippen LogP contribution is -2.44. The van der Waals surface area contributed by atoms with Gasteiger partial charge < -0.3 is 15.2 Å². The first-order valence-corrected chi connectivity index (χ1v) is 7.83. The maximum atomic E-state index is 11.9. The van der Waals surface area contributed by atoms with E-state index in [1.807, 2.05) is 32.0 Å². The molecule has 1 rings (SSSR count). The number of rotatable bonds is 9.